The summed E-state index contributed by atoms with van der Waals surface area (Å²) in [6.07, 6.45) is 0. The zero-order valence-electron chi connectivity index (χ0n) is 16.3. The van der Waals surface area contributed by atoms with E-state index in [1.165, 1.54) is 11.3 Å². The fraction of sp³-hybridized carbons (Fsp3) is 0.273. The third-order valence-electron chi connectivity index (χ3n) is 5.12. The highest BCUT2D eigenvalue weighted by Gasteiger charge is 2.22. The molecule has 2 amide bonds. The number of piperazine rings is 1. The summed E-state index contributed by atoms with van der Waals surface area (Å²) >= 11 is 0. The van der Waals surface area contributed by atoms with E-state index in [-0.39, 0.29) is 6.03 Å². The maximum absolute atomic E-state index is 12.7. The summed E-state index contributed by atoms with van der Waals surface area (Å²) in [6, 6.07) is 20.4. The Morgan fingerprint density at radius 1 is 0.964 bits per heavy atom. The first-order valence-corrected chi connectivity index (χ1v) is 9.57. The second-order valence-electron chi connectivity index (χ2n) is 7.15. The summed E-state index contributed by atoms with van der Waals surface area (Å²) in [4.78, 5) is 16.8. The number of anilines is 2. The van der Waals surface area contributed by atoms with Gasteiger partial charge in [-0.05, 0) is 30.2 Å². The quantitative estimate of drug-likeness (QED) is 0.759. The normalized spacial score (nSPS) is 14.2. The molecule has 0 radical (unpaired) electrons. The highest BCUT2D eigenvalue weighted by atomic mass is 16.2. The van der Waals surface area contributed by atoms with Crippen molar-refractivity contribution < 1.29 is 4.79 Å². The number of urea groups is 1. The molecule has 0 spiro atoms. The molecule has 28 heavy (non-hydrogen) atoms. The number of carbonyl (C=O) groups excluding carboxylic acids is 1. The fourth-order valence-corrected chi connectivity index (χ4v) is 3.59. The molecule has 0 unspecified atom stereocenters. The molecule has 144 valence electrons. The molecule has 6 nitrogen and oxygen atoms in total. The van der Waals surface area contributed by atoms with Crippen molar-refractivity contribution in [3.8, 4) is 11.3 Å². The molecular weight excluding hydrogens is 350 g/mol. The van der Waals surface area contributed by atoms with Crippen LogP contribution in [0.25, 0.3) is 11.3 Å². The Kier molecular flexibility index (Phi) is 5.02. The summed E-state index contributed by atoms with van der Waals surface area (Å²) in [5.41, 5.74) is 4.52. The van der Waals surface area contributed by atoms with E-state index in [4.69, 9.17) is 0 Å². The van der Waals surface area contributed by atoms with E-state index in [0.717, 1.165) is 24.3 Å². The Balaban J connectivity index is 1.38. The van der Waals surface area contributed by atoms with Crippen LogP contribution < -0.4 is 10.2 Å². The predicted octanol–water partition coefficient (Wildman–Crippen LogP) is 3.75. The molecule has 0 bridgehead atoms. The molecule has 0 aliphatic carbocycles. The first-order valence-electron chi connectivity index (χ1n) is 9.57. The summed E-state index contributed by atoms with van der Waals surface area (Å²) in [6.45, 7) is 5.14. The molecule has 6 heteroatoms. The average Bonchev–Trinajstić information content (AvgIpc) is 3.09. The molecule has 0 atom stereocenters. The maximum Gasteiger partial charge on any atom is 0.323 e. The Labute approximate surface area is 165 Å². The minimum absolute atomic E-state index is 0.0957. The molecule has 1 saturated heterocycles. The molecule has 3 aromatic rings. The van der Waals surface area contributed by atoms with E-state index >= 15 is 0 Å². The van der Waals surface area contributed by atoms with Crippen LogP contribution in [-0.2, 0) is 7.05 Å². The Bertz CT molecular complexity index is 958. The number of nitrogens with one attached hydrogen (secondary N) is 1. The Hall–Kier alpha value is -3.28. The lowest BCUT2D eigenvalue weighted by Crippen LogP contribution is -2.50. The first-order chi connectivity index (χ1) is 13.6. The second kappa shape index (κ2) is 7.76. The SMILES string of the molecule is Cc1cccc(N2CCN(C(=O)Nc3cc(-c4ccccc4)n(C)n3)CC2)c1. The highest BCUT2D eigenvalue weighted by Crippen LogP contribution is 2.22. The van der Waals surface area contributed by atoms with Gasteiger partial charge in [0.05, 0.1) is 5.69 Å². The van der Waals surface area contributed by atoms with E-state index < -0.39 is 0 Å². The van der Waals surface area contributed by atoms with E-state index in [1.807, 2.05) is 48.3 Å². The van der Waals surface area contributed by atoms with E-state index in [0.29, 0.717) is 18.9 Å². The van der Waals surface area contributed by atoms with Crippen molar-refractivity contribution in [2.75, 3.05) is 36.4 Å². The zero-order chi connectivity index (χ0) is 19.5. The zero-order valence-corrected chi connectivity index (χ0v) is 16.3. The van der Waals surface area contributed by atoms with Gasteiger partial charge in [0.2, 0.25) is 0 Å². The molecule has 0 saturated carbocycles. The van der Waals surface area contributed by atoms with Crippen molar-refractivity contribution >= 4 is 17.5 Å². The first kappa shape index (κ1) is 18.1. The van der Waals surface area contributed by atoms with Crippen LogP contribution in [0.1, 0.15) is 5.56 Å². The van der Waals surface area contributed by atoms with Crippen LogP contribution in [0.4, 0.5) is 16.3 Å². The van der Waals surface area contributed by atoms with Crippen LogP contribution in [0.3, 0.4) is 0 Å². The molecule has 4 rings (SSSR count). The van der Waals surface area contributed by atoms with Gasteiger partial charge in [-0.25, -0.2) is 4.79 Å². The minimum atomic E-state index is -0.0957. The summed E-state index contributed by atoms with van der Waals surface area (Å²) < 4.78 is 1.79. The molecule has 1 fully saturated rings. The van der Waals surface area contributed by atoms with Crippen LogP contribution in [0, 0.1) is 6.92 Å². The van der Waals surface area contributed by atoms with Gasteiger partial charge in [-0.3, -0.25) is 10.00 Å². The summed E-state index contributed by atoms with van der Waals surface area (Å²) in [7, 11) is 1.89. The molecule has 1 aliphatic heterocycles. The van der Waals surface area contributed by atoms with Crippen molar-refractivity contribution in [3.05, 3.63) is 66.2 Å². The number of nitrogens with zero attached hydrogens (tertiary/aromatic N) is 4. The molecule has 1 aromatic heterocycles. The largest absolute Gasteiger partial charge is 0.368 e. The second-order valence-corrected chi connectivity index (χ2v) is 7.15. The van der Waals surface area contributed by atoms with Gasteiger partial charge in [0.25, 0.3) is 0 Å². The van der Waals surface area contributed by atoms with Gasteiger partial charge in [-0.1, -0.05) is 42.5 Å². The van der Waals surface area contributed by atoms with Crippen LogP contribution in [0.5, 0.6) is 0 Å². The third-order valence-corrected chi connectivity index (χ3v) is 5.12. The maximum atomic E-state index is 12.7. The number of benzene rings is 2. The van der Waals surface area contributed by atoms with Gasteiger partial charge in [0.15, 0.2) is 5.82 Å². The number of aromatic nitrogens is 2. The third kappa shape index (κ3) is 3.86. The van der Waals surface area contributed by atoms with Crippen LogP contribution in [0.15, 0.2) is 60.7 Å². The predicted molar refractivity (Wildman–Crippen MR) is 113 cm³/mol. The van der Waals surface area contributed by atoms with Crippen molar-refractivity contribution in [3.63, 3.8) is 0 Å². The number of amides is 2. The van der Waals surface area contributed by atoms with Gasteiger partial charge in [0, 0.05) is 45.0 Å². The van der Waals surface area contributed by atoms with E-state index in [9.17, 15) is 4.79 Å². The Morgan fingerprint density at radius 2 is 1.71 bits per heavy atom. The molecule has 1 N–H and O–H groups in total. The molecule has 1 aliphatic rings. The molecule has 2 aromatic carbocycles. The smallest absolute Gasteiger partial charge is 0.323 e. The number of hydrogen-bond donors (Lipinski definition) is 1. The average molecular weight is 375 g/mol. The number of aryl methyl sites for hydroxylation is 2. The minimum Gasteiger partial charge on any atom is -0.368 e. The number of carbonyl (C=O) groups is 1. The monoisotopic (exact) mass is 375 g/mol. The van der Waals surface area contributed by atoms with E-state index in [1.54, 1.807) is 4.68 Å². The summed E-state index contributed by atoms with van der Waals surface area (Å²) in [5, 5.41) is 7.38. The Morgan fingerprint density at radius 3 is 2.43 bits per heavy atom. The lowest BCUT2D eigenvalue weighted by atomic mass is 10.1. The highest BCUT2D eigenvalue weighted by molar-refractivity contribution is 5.89. The van der Waals surface area contributed by atoms with Crippen molar-refractivity contribution in [2.45, 2.75) is 6.92 Å². The topological polar surface area (TPSA) is 53.4 Å². The van der Waals surface area contributed by atoms with Gasteiger partial charge in [-0.2, -0.15) is 5.10 Å². The lowest BCUT2D eigenvalue weighted by Gasteiger charge is -2.36. The van der Waals surface area contributed by atoms with E-state index in [2.05, 4.69) is 46.5 Å². The standard InChI is InChI=1S/C22H25N5O/c1-17-7-6-10-19(15-17)26-11-13-27(14-12-26)22(28)23-21-16-20(25(2)24-21)18-8-4-3-5-9-18/h3-10,15-16H,11-14H2,1-2H3,(H,23,24,28). The fourth-order valence-electron chi connectivity index (χ4n) is 3.59. The van der Waals surface area contributed by atoms with Gasteiger partial charge in [-0.15, -0.1) is 0 Å². The van der Waals surface area contributed by atoms with Gasteiger partial charge < -0.3 is 9.80 Å². The van der Waals surface area contributed by atoms with Gasteiger partial charge >= 0.3 is 6.03 Å². The van der Waals surface area contributed by atoms with Crippen LogP contribution in [0.2, 0.25) is 0 Å². The van der Waals surface area contributed by atoms with Gasteiger partial charge in [0.1, 0.15) is 0 Å². The number of hydrogen-bond acceptors (Lipinski definition) is 3. The van der Waals surface area contributed by atoms with Crippen molar-refractivity contribution in [1.82, 2.24) is 14.7 Å². The molecule has 2 heterocycles. The molecular formula is C22H25N5O. The lowest BCUT2D eigenvalue weighted by molar-refractivity contribution is 0.208. The van der Waals surface area contributed by atoms with Crippen LogP contribution in [-0.4, -0.2) is 46.9 Å². The van der Waals surface area contributed by atoms with Crippen molar-refractivity contribution in [1.29, 1.82) is 0 Å². The number of rotatable bonds is 3. The van der Waals surface area contributed by atoms with Crippen molar-refractivity contribution in [2.24, 2.45) is 7.05 Å². The van der Waals surface area contributed by atoms with Crippen LogP contribution >= 0.6 is 0 Å². The summed E-state index contributed by atoms with van der Waals surface area (Å²) in [5.74, 6) is 0.576.